The lowest BCUT2D eigenvalue weighted by molar-refractivity contribution is 0.0925. The number of hydrogen-bond acceptors (Lipinski definition) is 3. The van der Waals surface area contributed by atoms with Crippen LogP contribution in [0.15, 0.2) is 78.3 Å². The maximum atomic E-state index is 12.4. The lowest BCUT2D eigenvalue weighted by Crippen LogP contribution is -2.25. The number of ether oxygens (including phenoxy) is 2. The Morgan fingerprint density at radius 1 is 1.19 bits per heavy atom. The van der Waals surface area contributed by atoms with Gasteiger partial charge in [-0.2, -0.15) is 0 Å². The van der Waals surface area contributed by atoms with Crippen molar-refractivity contribution in [1.29, 1.82) is 0 Å². The van der Waals surface area contributed by atoms with E-state index in [0.717, 1.165) is 24.0 Å². The lowest BCUT2D eigenvalue weighted by Gasteiger charge is -2.19. The molecule has 1 heterocycles. The van der Waals surface area contributed by atoms with Crippen molar-refractivity contribution in [1.82, 2.24) is 5.32 Å². The zero-order valence-corrected chi connectivity index (χ0v) is 15.1. The molecule has 2 aliphatic rings. The second-order valence-electron chi connectivity index (χ2n) is 6.54. The summed E-state index contributed by atoms with van der Waals surface area (Å²) < 4.78 is 11.1. The number of rotatable bonds is 5. The lowest BCUT2D eigenvalue weighted by atomic mass is 10.0. The minimum atomic E-state index is -0.238. The van der Waals surface area contributed by atoms with E-state index in [0.29, 0.717) is 17.2 Å². The fourth-order valence-electron chi connectivity index (χ4n) is 2.56. The van der Waals surface area contributed by atoms with Crippen LogP contribution in [-0.2, 0) is 9.47 Å². The number of nitrogens with one attached hydrogen (secondary N) is 1. The normalized spacial score (nSPS) is 16.5. The number of hydrogen-bond donors (Lipinski definition) is 1. The Balaban J connectivity index is 1.60. The predicted molar refractivity (Wildman–Crippen MR) is 103 cm³/mol. The summed E-state index contributed by atoms with van der Waals surface area (Å²) in [5.74, 6) is 1.16. The Labute approximate surface area is 154 Å². The Morgan fingerprint density at radius 3 is 2.69 bits per heavy atom. The first-order valence-corrected chi connectivity index (χ1v) is 8.81. The molecule has 1 amide bonds. The summed E-state index contributed by atoms with van der Waals surface area (Å²) in [7, 11) is 0. The van der Waals surface area contributed by atoms with Gasteiger partial charge < -0.3 is 9.47 Å². The van der Waals surface area contributed by atoms with Gasteiger partial charge in [0.2, 0.25) is 5.88 Å². The smallest absolute Gasteiger partial charge is 0.258 e. The van der Waals surface area contributed by atoms with Crippen LogP contribution in [0.25, 0.3) is 6.08 Å². The monoisotopic (exact) mass is 349 g/mol. The molecular weight excluding hydrogens is 326 g/mol. The van der Waals surface area contributed by atoms with E-state index in [1.165, 1.54) is 6.26 Å². The number of carbonyl (C=O) groups is 1. The van der Waals surface area contributed by atoms with Crippen LogP contribution in [0, 0.1) is 5.92 Å². The minimum Gasteiger partial charge on any atom is -0.463 e. The number of amides is 1. The summed E-state index contributed by atoms with van der Waals surface area (Å²) in [6.45, 7) is 4.25. The van der Waals surface area contributed by atoms with E-state index in [1.54, 1.807) is 18.4 Å². The number of benzene rings is 1. The number of allylic oxidation sites excluding steroid dienone is 5. The van der Waals surface area contributed by atoms with Crippen molar-refractivity contribution in [3.05, 3.63) is 89.4 Å². The Kier molecular flexibility index (Phi) is 5.74. The molecule has 0 aromatic heterocycles. The molecule has 1 aromatic rings. The van der Waals surface area contributed by atoms with Gasteiger partial charge in [-0.05, 0) is 42.0 Å². The molecule has 0 unspecified atom stereocenters. The Morgan fingerprint density at radius 2 is 2.00 bits per heavy atom. The summed E-state index contributed by atoms with van der Waals surface area (Å²) in [6.07, 6.45) is 15.1. The highest BCUT2D eigenvalue weighted by Gasteiger charge is 2.17. The molecule has 1 N–H and O–H groups in total. The summed E-state index contributed by atoms with van der Waals surface area (Å²) in [6, 6.07) is 7.44. The van der Waals surface area contributed by atoms with Crippen LogP contribution >= 0.6 is 0 Å². The number of carbonyl (C=O) groups excluding carboxylic acids is 1. The third kappa shape index (κ3) is 4.76. The van der Waals surface area contributed by atoms with Gasteiger partial charge in [-0.15, -0.1) is 0 Å². The summed E-state index contributed by atoms with van der Waals surface area (Å²) in [4.78, 5) is 12.4. The zero-order valence-electron chi connectivity index (χ0n) is 15.1. The fourth-order valence-corrected chi connectivity index (χ4v) is 2.56. The van der Waals surface area contributed by atoms with Crippen molar-refractivity contribution in [3.63, 3.8) is 0 Å². The molecule has 4 heteroatoms. The third-order valence-electron chi connectivity index (χ3n) is 3.98. The van der Waals surface area contributed by atoms with Gasteiger partial charge in [-0.3, -0.25) is 10.1 Å². The largest absolute Gasteiger partial charge is 0.463 e. The maximum absolute atomic E-state index is 12.4. The van der Waals surface area contributed by atoms with Crippen molar-refractivity contribution < 1.29 is 14.3 Å². The highest BCUT2D eigenvalue weighted by molar-refractivity contribution is 5.95. The molecule has 0 spiro atoms. The van der Waals surface area contributed by atoms with E-state index in [-0.39, 0.29) is 11.8 Å². The van der Waals surface area contributed by atoms with E-state index in [4.69, 9.17) is 9.47 Å². The quantitative estimate of drug-likeness (QED) is 0.809. The van der Waals surface area contributed by atoms with E-state index >= 15 is 0 Å². The molecule has 1 aromatic carbocycles. The average molecular weight is 349 g/mol. The molecule has 0 saturated carbocycles. The van der Waals surface area contributed by atoms with Crippen LogP contribution in [0.4, 0.5) is 0 Å². The van der Waals surface area contributed by atoms with Crippen molar-refractivity contribution in [2.45, 2.75) is 26.7 Å². The third-order valence-corrected chi connectivity index (χ3v) is 3.98. The molecule has 26 heavy (non-hydrogen) atoms. The van der Waals surface area contributed by atoms with Gasteiger partial charge in [-0.25, -0.2) is 0 Å². The molecule has 1 aliphatic carbocycles. The topological polar surface area (TPSA) is 47.6 Å². The van der Waals surface area contributed by atoms with Crippen LogP contribution in [0.2, 0.25) is 0 Å². The first-order chi connectivity index (χ1) is 12.6. The highest BCUT2D eigenvalue weighted by atomic mass is 16.6. The molecule has 0 fully saturated rings. The van der Waals surface area contributed by atoms with Crippen LogP contribution in [0.5, 0.6) is 0 Å². The van der Waals surface area contributed by atoms with Gasteiger partial charge in [0.1, 0.15) is 6.26 Å². The van der Waals surface area contributed by atoms with Gasteiger partial charge in [0.25, 0.3) is 5.91 Å². The van der Waals surface area contributed by atoms with Crippen molar-refractivity contribution in [3.8, 4) is 0 Å². The van der Waals surface area contributed by atoms with Gasteiger partial charge in [0, 0.05) is 5.56 Å². The van der Waals surface area contributed by atoms with Crippen molar-refractivity contribution >= 4 is 12.0 Å². The highest BCUT2D eigenvalue weighted by Crippen LogP contribution is 2.25. The molecule has 1 aliphatic heterocycles. The first kappa shape index (κ1) is 17.8. The molecule has 0 bridgehead atoms. The van der Waals surface area contributed by atoms with Crippen LogP contribution in [0.3, 0.4) is 0 Å². The summed E-state index contributed by atoms with van der Waals surface area (Å²) in [5, 5.41) is 2.74. The van der Waals surface area contributed by atoms with Crippen LogP contribution in [0.1, 0.15) is 42.6 Å². The van der Waals surface area contributed by atoms with Gasteiger partial charge in [0.05, 0.1) is 0 Å². The summed E-state index contributed by atoms with van der Waals surface area (Å²) >= 11 is 0. The Bertz CT molecular complexity index is 808. The van der Waals surface area contributed by atoms with E-state index in [2.05, 4.69) is 37.4 Å². The molecular formula is C22H23NO3. The predicted octanol–water partition coefficient (Wildman–Crippen LogP) is 5.05. The molecule has 0 saturated heterocycles. The molecule has 3 rings (SSSR count). The average Bonchev–Trinajstić information content (AvgIpc) is 2.67. The van der Waals surface area contributed by atoms with Gasteiger partial charge >= 0.3 is 0 Å². The summed E-state index contributed by atoms with van der Waals surface area (Å²) in [5.41, 5.74) is 2.68. The molecule has 0 radical (unpaired) electrons. The second-order valence-corrected chi connectivity index (χ2v) is 6.54. The van der Waals surface area contributed by atoms with Crippen LogP contribution in [-0.4, -0.2) is 5.91 Å². The molecule has 4 nitrogen and oxygen atoms in total. The first-order valence-electron chi connectivity index (χ1n) is 8.81. The van der Waals surface area contributed by atoms with E-state index in [9.17, 15) is 4.79 Å². The fraction of sp³-hybridized carbons (Fsp3) is 0.227. The molecule has 134 valence electrons. The van der Waals surface area contributed by atoms with Crippen molar-refractivity contribution in [2.24, 2.45) is 5.92 Å². The van der Waals surface area contributed by atoms with Gasteiger partial charge in [-0.1, -0.05) is 56.4 Å². The van der Waals surface area contributed by atoms with E-state index < -0.39 is 0 Å². The Hall–Kier alpha value is -3.01. The second kappa shape index (κ2) is 8.39. The van der Waals surface area contributed by atoms with E-state index in [1.807, 2.05) is 24.3 Å². The zero-order chi connectivity index (χ0) is 18.4. The molecule has 0 atom stereocenters. The van der Waals surface area contributed by atoms with Crippen molar-refractivity contribution in [2.75, 3.05) is 0 Å². The standard InChI is InChI=1S/C22H23NO3/c1-16(2)8-9-17-10-12-19(13-11-17)22(24)23-21-15-25-14-20(26-21)18-6-4-3-5-7-18/h3-4,6,8-16H,5,7H2,1-2H3,(H,23,24). The maximum Gasteiger partial charge on any atom is 0.258 e. The van der Waals surface area contributed by atoms with Gasteiger partial charge in [0.15, 0.2) is 12.0 Å². The SMILES string of the molecule is CC(C)C=Cc1ccc(C(=O)NC2=COC=C(C3=CC=CCC3)O2)cc1. The van der Waals surface area contributed by atoms with Crippen LogP contribution < -0.4 is 5.32 Å². The minimum absolute atomic E-state index is 0.238.